The van der Waals surface area contributed by atoms with E-state index in [0.29, 0.717) is 18.6 Å². The van der Waals surface area contributed by atoms with Gasteiger partial charge in [0, 0.05) is 28.4 Å². The van der Waals surface area contributed by atoms with E-state index in [1.165, 1.54) is 21.8 Å². The Morgan fingerprint density at radius 3 is 1.16 bits per heavy atom. The molecule has 8 aromatic carbocycles. The van der Waals surface area contributed by atoms with Crippen molar-refractivity contribution < 1.29 is 159 Å². The van der Waals surface area contributed by atoms with E-state index in [1.807, 2.05) is 30.3 Å². The lowest BCUT2D eigenvalue weighted by molar-refractivity contribution is -0.597. The van der Waals surface area contributed by atoms with Crippen LogP contribution in [-0.2, 0) is 74.8 Å². The average Bonchev–Trinajstić information content (AvgIpc) is 0.817. The molecular weight excluding hydrogens is 1630 g/mol. The number of aromatic carboxylic acids is 3. The third-order valence-corrected chi connectivity index (χ3v) is 20.3. The van der Waals surface area contributed by atoms with Gasteiger partial charge in [-0.3, -0.25) is 9.59 Å². The highest BCUT2D eigenvalue weighted by atomic mass is 127. The van der Waals surface area contributed by atoms with Crippen LogP contribution in [0.15, 0.2) is 247 Å². The van der Waals surface area contributed by atoms with E-state index in [4.69, 9.17) is 33.4 Å². The fourth-order valence-electron chi connectivity index (χ4n) is 7.14. The number of hydrogen-bond acceptors (Lipinski definition) is 27. The number of carbonyl (C=O) groups is 10. The Labute approximate surface area is 631 Å². The normalized spacial score (nSPS) is 10.6. The molecule has 0 aliphatic rings. The first-order valence-electron chi connectivity index (χ1n) is 28.9. The number of ketones is 1. The minimum absolute atomic E-state index is 0. The van der Waals surface area contributed by atoms with Crippen molar-refractivity contribution in [1.29, 1.82) is 0 Å². The lowest BCUT2D eigenvalue weighted by Crippen LogP contribution is -3.61. The molecule has 0 amide bonds. The number of carboxylic acids is 9. The van der Waals surface area contributed by atoms with Crippen molar-refractivity contribution in [2.45, 2.75) is 89.7 Å². The molecule has 2 N–H and O–H groups in total. The van der Waals surface area contributed by atoms with Crippen molar-refractivity contribution in [3.05, 3.63) is 252 Å². The summed E-state index contributed by atoms with van der Waals surface area (Å²) in [4.78, 5) is 102. The molecule has 0 aliphatic heterocycles. The van der Waals surface area contributed by atoms with Crippen LogP contribution in [0.2, 0.25) is 10.0 Å². The number of Topliss-reactive ketones (excluding diaryl/α,β-unsaturated/α-hetero) is 1. The van der Waals surface area contributed by atoms with Gasteiger partial charge >= 0.3 is 33.1 Å². The summed E-state index contributed by atoms with van der Waals surface area (Å²) in [6, 6.07) is 57.8. The predicted molar refractivity (Wildman–Crippen MR) is 355 cm³/mol. The Bertz CT molecular complexity index is 4470. The summed E-state index contributed by atoms with van der Waals surface area (Å²) in [5.41, 5.74) is -2.04. The molecule has 0 aromatic heterocycles. The monoisotopic (exact) mass is 1690 g/mol. The van der Waals surface area contributed by atoms with Crippen LogP contribution in [0, 0.1) is 12.6 Å². The standard InChI is InChI=1S/C18H13Cl2S.C12H10I.C8H6O5.C8H14O4.C7H6O5S.C6H6O6S2.C5H6O5.C5H6O4.CH4/c19-14-6-10-17(11-7-14)21(16-4-2-1-3-5-16)18-12-8-15(20)9-13-18;1-3-7-11(8-4-1)13-12-9-5-2-6-10-12;9-6-2-4(7(10)11)1-5(3-6)8(12)13;1-3-8(2,4-6(9)10)5-7(11)12;8-7(9)5-1-3-6(4-2-5)13(10,11)12;7-13(8,9)5-2-1-3-6(4-5)14(10,11)12;6-3(5(9)10)1-2-4(7)8;1-3(5(8)9)2-4(6)7;/h1-13H;1-10H;1-3,9H,(H,10,11)(H,12,13);3-5H2,1-2H3,(H,9,10)(H,11,12);1-4H,(H,8,9)(H,10,11,12);1-4H,(H,7,8,9)(H,10,11,12);1-2H2,(H,7,8)(H,9,10);2H,1H3,(H,6,7)(H,8,9);1H4/q2*+1;;;;;;;/p-11/b;;;;;;;3-2-;. The SMILES string of the molecule is C.C/C(=C/C(=O)[O-])C(=O)[O-].CCC(C)(CC(=O)[O-])CC(=O)[O-].Clc1ccc([S+](c2ccccc2)c2ccc(Cl)cc2)cc1.O=C(O)CCC(=O)C(=O)[O-].O=C([O-])c1cc([O-])cc(C(=O)O)c1.O=C([O-])c1ccc(S(=O)(=O)[O-])cc1.O=S(=O)([O-])c1cccc(S(=O)(=O)[O-])c1.c1ccc([I+]c2ccccc2)cc1. The minimum atomic E-state index is -4.74. The van der Waals surface area contributed by atoms with Gasteiger partial charge in [0.15, 0.2) is 27.6 Å². The van der Waals surface area contributed by atoms with E-state index in [9.17, 15) is 128 Å². The summed E-state index contributed by atoms with van der Waals surface area (Å²) < 4.78 is 96.9. The van der Waals surface area contributed by atoms with E-state index in [0.717, 1.165) is 77.6 Å². The summed E-state index contributed by atoms with van der Waals surface area (Å²) in [7, 11) is -14.1. The summed E-state index contributed by atoms with van der Waals surface area (Å²) in [6.45, 7) is 4.45. The molecular formula is C70H60Cl2IO29S4-9. The lowest BCUT2D eigenvalue weighted by atomic mass is 9.81. The second kappa shape index (κ2) is 47.1. The third kappa shape index (κ3) is 40.0. The van der Waals surface area contributed by atoms with Crippen LogP contribution in [0.4, 0.5) is 0 Å². The fourth-order valence-corrected chi connectivity index (χ4v) is 13.3. The summed E-state index contributed by atoms with van der Waals surface area (Å²) >= 11 is 12.1. The smallest absolute Gasteiger partial charge is 0.357 e. The van der Waals surface area contributed by atoms with Crippen molar-refractivity contribution in [2.24, 2.45) is 5.41 Å². The Morgan fingerprint density at radius 2 is 0.849 bits per heavy atom. The van der Waals surface area contributed by atoms with Gasteiger partial charge < -0.3 is 98.3 Å². The first-order chi connectivity index (χ1) is 48.8. The first kappa shape index (κ1) is 95.6. The van der Waals surface area contributed by atoms with Crippen molar-refractivity contribution in [3.63, 3.8) is 0 Å². The van der Waals surface area contributed by atoms with Crippen LogP contribution >= 0.6 is 23.2 Å². The van der Waals surface area contributed by atoms with Crippen molar-refractivity contribution >= 4 is 124 Å². The van der Waals surface area contributed by atoms with Gasteiger partial charge in [0.25, 0.3) is 0 Å². The lowest BCUT2D eigenvalue weighted by Gasteiger charge is -2.28. The second-order valence-electron chi connectivity index (χ2n) is 20.5. The Morgan fingerprint density at radius 1 is 0.472 bits per heavy atom. The van der Waals surface area contributed by atoms with E-state index in [1.54, 1.807) is 13.8 Å². The summed E-state index contributed by atoms with van der Waals surface area (Å²) in [5.74, 6) is -14.7. The molecule has 106 heavy (non-hydrogen) atoms. The second-order valence-corrected chi connectivity index (χ2v) is 30.6. The molecule has 0 saturated carbocycles. The van der Waals surface area contributed by atoms with E-state index in [2.05, 4.69) is 109 Å². The highest BCUT2D eigenvalue weighted by Crippen LogP contribution is 2.33. The van der Waals surface area contributed by atoms with Crippen LogP contribution in [0.25, 0.3) is 0 Å². The van der Waals surface area contributed by atoms with Gasteiger partial charge in [0.1, 0.15) is 36.3 Å². The molecule has 0 saturated heterocycles. The third-order valence-electron chi connectivity index (χ3n) is 12.4. The number of rotatable bonds is 22. The highest BCUT2D eigenvalue weighted by molar-refractivity contribution is 7.97. The largest absolute Gasteiger partial charge is 0.872 e. The zero-order valence-electron chi connectivity index (χ0n) is 54.4. The van der Waals surface area contributed by atoms with Crippen LogP contribution in [-0.4, -0.2) is 109 Å². The molecule has 0 aliphatic carbocycles. The van der Waals surface area contributed by atoms with Gasteiger partial charge in [-0.2, -0.15) is 0 Å². The fraction of sp³-hybridized carbons (Fsp3) is 0.143. The van der Waals surface area contributed by atoms with Gasteiger partial charge in [-0.05, 0) is 169 Å². The van der Waals surface area contributed by atoms with Crippen LogP contribution in [0.3, 0.4) is 0 Å². The maximum atomic E-state index is 10.8. The topological polar surface area (TPSA) is 567 Å². The van der Waals surface area contributed by atoms with E-state index < -0.39 is 134 Å². The Kier molecular flexibility index (Phi) is 42.5. The molecule has 36 heteroatoms. The van der Waals surface area contributed by atoms with E-state index in [-0.39, 0.29) is 69.1 Å². The molecule has 0 atom stereocenters. The van der Waals surface area contributed by atoms with Gasteiger partial charge in [0.05, 0.1) is 61.4 Å². The van der Waals surface area contributed by atoms with Crippen LogP contribution in [0.5, 0.6) is 5.75 Å². The quantitative estimate of drug-likeness (QED) is 0.0246. The molecule has 0 fully saturated rings. The average molecular weight is 1690 g/mol. The van der Waals surface area contributed by atoms with Crippen LogP contribution in [0.1, 0.15) is 91.4 Å². The molecule has 29 nitrogen and oxygen atoms in total. The number of benzene rings is 8. The van der Waals surface area contributed by atoms with E-state index >= 15 is 0 Å². The summed E-state index contributed by atoms with van der Waals surface area (Å²) in [6.07, 6.45) is -0.496. The molecule has 0 spiro atoms. The number of halogens is 3. The number of carbonyl (C=O) groups excluding carboxylic acids is 8. The van der Waals surface area contributed by atoms with Crippen LogP contribution < -0.4 is 62.1 Å². The predicted octanol–water partition coefficient (Wildman–Crippen LogP) is -1.90. The zero-order valence-corrected chi connectivity index (χ0v) is 61.4. The summed E-state index contributed by atoms with van der Waals surface area (Å²) in [5, 5.41) is 98.7. The maximum Gasteiger partial charge on any atom is 0.357 e. The molecule has 568 valence electrons. The molecule has 0 unspecified atom stereocenters. The zero-order chi connectivity index (χ0) is 80.0. The van der Waals surface area contributed by atoms with Gasteiger partial charge in [0.2, 0.25) is 0 Å². The number of hydrogen-bond donors (Lipinski definition) is 2. The van der Waals surface area contributed by atoms with Crippen molar-refractivity contribution in [1.82, 2.24) is 0 Å². The first-order valence-corrected chi connectivity index (χ1v) is 37.2. The molecule has 0 heterocycles. The van der Waals surface area contributed by atoms with Gasteiger partial charge in [-0.15, -0.1) is 5.75 Å². The minimum Gasteiger partial charge on any atom is -0.872 e. The van der Waals surface area contributed by atoms with Gasteiger partial charge in [-0.25, -0.2) is 30.0 Å². The van der Waals surface area contributed by atoms with Gasteiger partial charge in [-0.1, -0.05) is 136 Å². The van der Waals surface area contributed by atoms with Crippen molar-refractivity contribution in [3.8, 4) is 5.75 Å². The number of carboxylic acid groups (broad SMARTS) is 9. The highest BCUT2D eigenvalue weighted by Gasteiger charge is 2.28. The molecule has 0 radical (unpaired) electrons. The van der Waals surface area contributed by atoms with Crippen molar-refractivity contribution in [2.75, 3.05) is 0 Å². The maximum absolute atomic E-state index is 10.8. The molecule has 0 bridgehead atoms. The molecule has 8 rings (SSSR count). The number of aliphatic carboxylic acids is 6. The Balaban J connectivity index is 0.00000120. The Hall–Kier alpha value is -10.4. The molecule has 8 aromatic rings.